The monoisotopic (exact) mass is 384 g/mol. The predicted molar refractivity (Wildman–Crippen MR) is 95.8 cm³/mol. The van der Waals surface area contributed by atoms with Gasteiger partial charge in [0.15, 0.2) is 0 Å². The highest BCUT2D eigenvalue weighted by Crippen LogP contribution is 2.33. The minimum atomic E-state index is -0.0390. The van der Waals surface area contributed by atoms with E-state index < -0.39 is 0 Å². The molecular formula is C18H17BrN4O. The zero-order valence-corrected chi connectivity index (χ0v) is 14.7. The Labute approximate surface area is 148 Å². The normalized spacial score (nSPS) is 19.3. The Bertz CT molecular complexity index is 831. The highest BCUT2D eigenvalue weighted by molar-refractivity contribution is 9.10. The van der Waals surface area contributed by atoms with Gasteiger partial charge in [-0.25, -0.2) is 4.98 Å². The molecule has 0 spiro atoms. The molecule has 3 heterocycles. The maximum Gasteiger partial charge on any atom is 0.272 e. The van der Waals surface area contributed by atoms with E-state index in [1.54, 1.807) is 6.07 Å². The maximum absolute atomic E-state index is 13.0. The van der Waals surface area contributed by atoms with E-state index in [0.717, 1.165) is 35.0 Å². The first-order chi connectivity index (χ1) is 11.6. The lowest BCUT2D eigenvalue weighted by atomic mass is 10.0. The van der Waals surface area contributed by atoms with E-state index in [2.05, 4.69) is 38.0 Å². The number of nitrogens with two attached hydrogens (primary N) is 1. The molecule has 1 saturated heterocycles. The van der Waals surface area contributed by atoms with Gasteiger partial charge in [0.2, 0.25) is 0 Å². The first-order valence-electron chi connectivity index (χ1n) is 8.00. The molecule has 1 aromatic heterocycles. The molecule has 0 radical (unpaired) electrons. The lowest BCUT2D eigenvalue weighted by molar-refractivity contribution is 0.0729. The fourth-order valence-electron chi connectivity index (χ4n) is 3.39. The Kier molecular flexibility index (Phi) is 3.84. The molecule has 2 aliphatic heterocycles. The quantitative estimate of drug-likeness (QED) is 0.864. The van der Waals surface area contributed by atoms with Crippen LogP contribution in [0.1, 0.15) is 46.2 Å². The van der Waals surface area contributed by atoms with Gasteiger partial charge in [0, 0.05) is 16.6 Å². The minimum absolute atomic E-state index is 0.0390. The van der Waals surface area contributed by atoms with Gasteiger partial charge in [-0.05, 0) is 36.6 Å². The highest BCUT2D eigenvalue weighted by atomic mass is 79.9. The van der Waals surface area contributed by atoms with E-state index in [1.165, 1.54) is 0 Å². The molecule has 1 fully saturated rings. The molecule has 6 heteroatoms. The van der Waals surface area contributed by atoms with Gasteiger partial charge in [-0.3, -0.25) is 9.79 Å². The summed E-state index contributed by atoms with van der Waals surface area (Å²) in [7, 11) is 0. The van der Waals surface area contributed by atoms with E-state index in [4.69, 9.17) is 5.73 Å². The van der Waals surface area contributed by atoms with E-state index in [0.29, 0.717) is 23.8 Å². The largest absolute Gasteiger partial charge is 0.382 e. The van der Waals surface area contributed by atoms with Crippen LogP contribution in [0.4, 0.5) is 0 Å². The van der Waals surface area contributed by atoms with Crippen LogP contribution in [0, 0.1) is 0 Å². The van der Waals surface area contributed by atoms with Crippen LogP contribution in [-0.2, 0) is 6.54 Å². The number of rotatable bonds is 2. The Balaban J connectivity index is 1.63. The molecule has 2 N–H and O–H groups in total. The number of aromatic nitrogens is 1. The number of aliphatic imine (C=N–C) groups is 1. The van der Waals surface area contributed by atoms with Crippen LogP contribution in [0.15, 0.2) is 45.9 Å². The molecule has 2 aromatic rings. The average Bonchev–Trinajstić information content (AvgIpc) is 3.22. The van der Waals surface area contributed by atoms with Gasteiger partial charge >= 0.3 is 0 Å². The zero-order chi connectivity index (χ0) is 16.7. The van der Waals surface area contributed by atoms with Crippen LogP contribution in [0.5, 0.6) is 0 Å². The van der Waals surface area contributed by atoms with Crippen molar-refractivity contribution in [3.8, 4) is 0 Å². The van der Waals surface area contributed by atoms with Crippen LogP contribution in [0.25, 0.3) is 0 Å². The molecule has 1 amide bonds. The number of amides is 1. The Morgan fingerprint density at radius 3 is 2.79 bits per heavy atom. The van der Waals surface area contributed by atoms with Crippen LogP contribution >= 0.6 is 15.9 Å². The number of carbonyl (C=O) groups is 1. The second kappa shape index (κ2) is 6.02. The lowest BCUT2D eigenvalue weighted by Crippen LogP contribution is -2.31. The molecule has 0 bridgehead atoms. The summed E-state index contributed by atoms with van der Waals surface area (Å²) < 4.78 is 1.04. The Hall–Kier alpha value is -2.21. The van der Waals surface area contributed by atoms with E-state index in [-0.39, 0.29) is 11.9 Å². The van der Waals surface area contributed by atoms with Crippen LogP contribution in [0.2, 0.25) is 0 Å². The van der Waals surface area contributed by atoms with Crippen molar-refractivity contribution in [2.75, 3.05) is 6.54 Å². The van der Waals surface area contributed by atoms with Crippen molar-refractivity contribution in [1.29, 1.82) is 0 Å². The molecular weight excluding hydrogens is 368 g/mol. The van der Waals surface area contributed by atoms with Crippen LogP contribution in [-0.4, -0.2) is 28.2 Å². The number of amidine groups is 1. The van der Waals surface area contributed by atoms with E-state index >= 15 is 0 Å². The summed E-state index contributed by atoms with van der Waals surface area (Å²) in [4.78, 5) is 23.5. The molecule has 5 nitrogen and oxygen atoms in total. The Morgan fingerprint density at radius 2 is 2.00 bits per heavy atom. The van der Waals surface area contributed by atoms with Crippen molar-refractivity contribution in [2.45, 2.75) is 25.4 Å². The summed E-state index contributed by atoms with van der Waals surface area (Å²) in [5.41, 5.74) is 9.09. The Morgan fingerprint density at radius 1 is 1.21 bits per heavy atom. The molecule has 1 aromatic carbocycles. The van der Waals surface area contributed by atoms with Crippen molar-refractivity contribution in [3.63, 3.8) is 0 Å². The second-order valence-electron chi connectivity index (χ2n) is 6.11. The maximum atomic E-state index is 13.0. The van der Waals surface area contributed by atoms with E-state index in [9.17, 15) is 4.79 Å². The molecule has 4 rings (SSSR count). The molecule has 2 aliphatic rings. The van der Waals surface area contributed by atoms with Gasteiger partial charge in [-0.15, -0.1) is 0 Å². The number of carbonyl (C=O) groups excluding carboxylic acids is 1. The number of halogens is 1. The molecule has 24 heavy (non-hydrogen) atoms. The third-order valence-corrected chi connectivity index (χ3v) is 5.16. The van der Waals surface area contributed by atoms with Crippen molar-refractivity contribution in [2.24, 2.45) is 10.7 Å². The number of hydrogen-bond donors (Lipinski definition) is 1. The zero-order valence-electron chi connectivity index (χ0n) is 13.1. The standard InChI is InChI=1S/C18H17BrN4O/c19-13-6-3-11(4-7-13)15-2-1-9-23(15)18(24)14-8-5-12-10-21-17(20)16(12)22-14/h3-8,15H,1-2,9-10H2,(H2,20,21)/t15-/m0/s1. The van der Waals surface area contributed by atoms with E-state index in [1.807, 2.05) is 23.1 Å². The lowest BCUT2D eigenvalue weighted by Gasteiger charge is -2.25. The van der Waals surface area contributed by atoms with Crippen molar-refractivity contribution < 1.29 is 4.79 Å². The van der Waals surface area contributed by atoms with Crippen LogP contribution < -0.4 is 5.73 Å². The molecule has 0 saturated carbocycles. The highest BCUT2D eigenvalue weighted by Gasteiger charge is 2.31. The first kappa shape index (κ1) is 15.3. The third kappa shape index (κ3) is 2.60. The SMILES string of the molecule is NC1=NCc2ccc(C(=O)N3CCC[C@H]3c3ccc(Br)cc3)nc21. The summed E-state index contributed by atoms with van der Waals surface area (Å²) >= 11 is 3.46. The fraction of sp³-hybridized carbons (Fsp3) is 0.278. The molecule has 1 atom stereocenters. The van der Waals surface area contributed by atoms with Gasteiger partial charge in [0.25, 0.3) is 5.91 Å². The van der Waals surface area contributed by atoms with Gasteiger partial charge < -0.3 is 10.6 Å². The molecule has 0 aliphatic carbocycles. The number of fused-ring (bicyclic) bond motifs is 1. The molecule has 122 valence electrons. The summed E-state index contributed by atoms with van der Waals surface area (Å²) in [5.74, 6) is 0.383. The summed E-state index contributed by atoms with van der Waals surface area (Å²) in [6.07, 6.45) is 1.98. The fourth-order valence-corrected chi connectivity index (χ4v) is 3.65. The number of pyridine rings is 1. The number of hydrogen-bond acceptors (Lipinski definition) is 4. The van der Waals surface area contributed by atoms with Crippen molar-refractivity contribution in [1.82, 2.24) is 9.88 Å². The third-order valence-electron chi connectivity index (χ3n) is 4.63. The first-order valence-corrected chi connectivity index (χ1v) is 8.79. The average molecular weight is 385 g/mol. The summed E-state index contributed by atoms with van der Waals surface area (Å²) in [6, 6.07) is 12.0. The van der Waals surface area contributed by atoms with Crippen molar-refractivity contribution in [3.05, 3.63) is 63.4 Å². The number of likely N-dealkylation sites (tertiary alicyclic amines) is 1. The second-order valence-corrected chi connectivity index (χ2v) is 7.03. The smallest absolute Gasteiger partial charge is 0.272 e. The van der Waals surface area contributed by atoms with Crippen LogP contribution in [0.3, 0.4) is 0 Å². The number of benzene rings is 1. The van der Waals surface area contributed by atoms with Gasteiger partial charge in [-0.2, -0.15) is 0 Å². The number of nitrogens with zero attached hydrogens (tertiary/aromatic N) is 3. The van der Waals surface area contributed by atoms with Gasteiger partial charge in [0.05, 0.1) is 12.6 Å². The summed E-state index contributed by atoms with van der Waals surface area (Å²) in [6.45, 7) is 1.30. The predicted octanol–water partition coefficient (Wildman–Crippen LogP) is 3.04. The topological polar surface area (TPSA) is 71.6 Å². The van der Waals surface area contributed by atoms with Crippen molar-refractivity contribution >= 4 is 27.7 Å². The minimum Gasteiger partial charge on any atom is -0.382 e. The van der Waals surface area contributed by atoms with Gasteiger partial charge in [0.1, 0.15) is 17.2 Å². The van der Waals surface area contributed by atoms with Gasteiger partial charge in [-0.1, -0.05) is 34.1 Å². The molecule has 0 unspecified atom stereocenters. The summed E-state index contributed by atoms with van der Waals surface area (Å²) in [5, 5.41) is 0.